The van der Waals surface area contributed by atoms with E-state index >= 15 is 0 Å². The number of thioether (sulfide) groups is 1. The highest BCUT2D eigenvalue weighted by Crippen LogP contribution is 2.30. The highest BCUT2D eigenvalue weighted by atomic mass is 32.2. The quantitative estimate of drug-likeness (QED) is 0.568. The van der Waals surface area contributed by atoms with Crippen LogP contribution in [-0.4, -0.2) is 34.5 Å². The summed E-state index contributed by atoms with van der Waals surface area (Å²) in [6, 6.07) is 12.3. The number of hydrogen-bond acceptors (Lipinski definition) is 3. The standard InChI is InChI=1S/C20H18F3N3OS/c1-25(2)18(27)15-5-3-14(4-6-15)13-28-19-24-11-12-26(19)17-9-7-16(8-10-17)20(21,22)23/h3-12H,13H2,1-2H3. The summed E-state index contributed by atoms with van der Waals surface area (Å²) in [5.74, 6) is 0.561. The van der Waals surface area contributed by atoms with Crippen molar-refractivity contribution in [3.63, 3.8) is 0 Å². The second-order valence-electron chi connectivity index (χ2n) is 6.31. The van der Waals surface area contributed by atoms with Gasteiger partial charge in [0.05, 0.1) is 5.56 Å². The molecule has 1 aromatic heterocycles. The molecule has 0 unspecified atom stereocenters. The van der Waals surface area contributed by atoms with Gasteiger partial charge in [0.25, 0.3) is 5.91 Å². The minimum atomic E-state index is -4.36. The Balaban J connectivity index is 1.70. The monoisotopic (exact) mass is 405 g/mol. The van der Waals surface area contributed by atoms with Gasteiger partial charge < -0.3 is 4.90 Å². The molecule has 0 saturated carbocycles. The molecule has 0 aliphatic heterocycles. The summed E-state index contributed by atoms with van der Waals surface area (Å²) in [5, 5.41) is 0.674. The van der Waals surface area contributed by atoms with Crippen LogP contribution in [0.25, 0.3) is 5.69 Å². The zero-order valence-electron chi connectivity index (χ0n) is 15.3. The average molecular weight is 405 g/mol. The Bertz CT molecular complexity index is 948. The number of alkyl halides is 3. The average Bonchev–Trinajstić information content (AvgIpc) is 3.14. The number of carbonyl (C=O) groups is 1. The maximum atomic E-state index is 12.7. The molecule has 0 atom stereocenters. The molecule has 28 heavy (non-hydrogen) atoms. The van der Waals surface area contributed by atoms with E-state index in [1.807, 2.05) is 12.1 Å². The third kappa shape index (κ3) is 4.56. The van der Waals surface area contributed by atoms with Crippen molar-refractivity contribution in [2.24, 2.45) is 0 Å². The van der Waals surface area contributed by atoms with Crippen molar-refractivity contribution in [3.8, 4) is 5.69 Å². The maximum absolute atomic E-state index is 12.7. The van der Waals surface area contributed by atoms with Crippen LogP contribution in [0.1, 0.15) is 21.5 Å². The summed E-state index contributed by atoms with van der Waals surface area (Å²) in [6.45, 7) is 0. The zero-order chi connectivity index (χ0) is 20.3. The van der Waals surface area contributed by atoms with Gasteiger partial charge in [0, 0.05) is 43.5 Å². The zero-order valence-corrected chi connectivity index (χ0v) is 16.1. The van der Waals surface area contributed by atoms with Gasteiger partial charge in [-0.05, 0) is 42.0 Å². The Labute approximate surface area is 165 Å². The third-order valence-electron chi connectivity index (χ3n) is 4.05. The van der Waals surface area contributed by atoms with Gasteiger partial charge in [0.15, 0.2) is 5.16 Å². The first-order chi connectivity index (χ1) is 13.3. The van der Waals surface area contributed by atoms with Gasteiger partial charge in [0.1, 0.15) is 0 Å². The van der Waals surface area contributed by atoms with Crippen molar-refractivity contribution in [1.29, 1.82) is 0 Å². The van der Waals surface area contributed by atoms with Crippen LogP contribution < -0.4 is 0 Å². The predicted octanol–water partition coefficient (Wildman–Crippen LogP) is 4.89. The molecule has 2 aromatic carbocycles. The van der Waals surface area contributed by atoms with Crippen LogP contribution in [0.2, 0.25) is 0 Å². The van der Waals surface area contributed by atoms with Crippen molar-refractivity contribution < 1.29 is 18.0 Å². The lowest BCUT2D eigenvalue weighted by Gasteiger charge is -2.11. The number of amides is 1. The number of imidazole rings is 1. The number of rotatable bonds is 5. The van der Waals surface area contributed by atoms with E-state index in [1.165, 1.54) is 28.8 Å². The van der Waals surface area contributed by atoms with Gasteiger partial charge in [-0.25, -0.2) is 4.98 Å². The smallest absolute Gasteiger partial charge is 0.345 e. The van der Waals surface area contributed by atoms with Gasteiger partial charge >= 0.3 is 6.18 Å². The summed E-state index contributed by atoms with van der Waals surface area (Å²) in [5.41, 5.74) is 1.56. The van der Waals surface area contributed by atoms with E-state index in [0.29, 0.717) is 22.2 Å². The van der Waals surface area contributed by atoms with E-state index in [0.717, 1.165) is 17.7 Å². The number of benzene rings is 2. The largest absolute Gasteiger partial charge is 0.416 e. The van der Waals surface area contributed by atoms with E-state index < -0.39 is 11.7 Å². The number of halogens is 3. The fourth-order valence-corrected chi connectivity index (χ4v) is 3.48. The van der Waals surface area contributed by atoms with Crippen molar-refractivity contribution >= 4 is 17.7 Å². The highest BCUT2D eigenvalue weighted by molar-refractivity contribution is 7.98. The first kappa shape index (κ1) is 20.0. The van der Waals surface area contributed by atoms with E-state index in [4.69, 9.17) is 0 Å². The third-order valence-corrected chi connectivity index (χ3v) is 5.09. The molecule has 0 fully saturated rings. The molecule has 0 N–H and O–H groups in total. The fourth-order valence-electron chi connectivity index (χ4n) is 2.55. The lowest BCUT2D eigenvalue weighted by molar-refractivity contribution is -0.137. The lowest BCUT2D eigenvalue weighted by atomic mass is 10.1. The Morgan fingerprint density at radius 3 is 2.29 bits per heavy atom. The first-order valence-electron chi connectivity index (χ1n) is 8.40. The van der Waals surface area contributed by atoms with Crippen LogP contribution in [0.15, 0.2) is 66.1 Å². The van der Waals surface area contributed by atoms with E-state index in [1.54, 1.807) is 43.2 Å². The van der Waals surface area contributed by atoms with Crippen LogP contribution in [0.4, 0.5) is 13.2 Å². The topological polar surface area (TPSA) is 38.1 Å². The van der Waals surface area contributed by atoms with Gasteiger partial charge in [-0.15, -0.1) is 0 Å². The normalized spacial score (nSPS) is 11.5. The summed E-state index contributed by atoms with van der Waals surface area (Å²) >= 11 is 1.47. The van der Waals surface area contributed by atoms with E-state index in [9.17, 15) is 18.0 Å². The van der Waals surface area contributed by atoms with Crippen LogP contribution in [0.3, 0.4) is 0 Å². The van der Waals surface area contributed by atoms with Crippen molar-refractivity contribution in [3.05, 3.63) is 77.6 Å². The molecule has 8 heteroatoms. The fraction of sp³-hybridized carbons (Fsp3) is 0.200. The Morgan fingerprint density at radius 2 is 1.71 bits per heavy atom. The molecule has 0 aliphatic rings. The molecule has 1 amide bonds. The molecule has 1 heterocycles. The molecule has 3 rings (SSSR count). The molecular formula is C20H18F3N3OS. The molecular weight excluding hydrogens is 387 g/mol. The number of aromatic nitrogens is 2. The maximum Gasteiger partial charge on any atom is 0.416 e. The number of nitrogens with zero attached hydrogens (tertiary/aromatic N) is 3. The van der Waals surface area contributed by atoms with E-state index in [-0.39, 0.29) is 5.91 Å². The summed E-state index contributed by atoms with van der Waals surface area (Å²) in [6.07, 6.45) is -1.03. The molecule has 0 spiro atoms. The summed E-state index contributed by atoms with van der Waals surface area (Å²) in [7, 11) is 3.40. The van der Waals surface area contributed by atoms with Crippen LogP contribution >= 0.6 is 11.8 Å². The molecule has 0 radical (unpaired) electrons. The Morgan fingerprint density at radius 1 is 1.07 bits per heavy atom. The van der Waals surface area contributed by atoms with Gasteiger partial charge in [-0.1, -0.05) is 23.9 Å². The highest BCUT2D eigenvalue weighted by Gasteiger charge is 2.30. The Kier molecular flexibility index (Phi) is 5.79. The molecule has 146 valence electrons. The number of carbonyl (C=O) groups excluding carboxylic acids is 1. The SMILES string of the molecule is CN(C)C(=O)c1ccc(CSc2nccn2-c2ccc(C(F)(F)F)cc2)cc1. The van der Waals surface area contributed by atoms with Gasteiger partial charge in [0.2, 0.25) is 0 Å². The molecule has 3 aromatic rings. The molecule has 0 aliphatic carbocycles. The van der Waals surface area contributed by atoms with Crippen molar-refractivity contribution in [1.82, 2.24) is 14.5 Å². The minimum absolute atomic E-state index is 0.0583. The number of hydrogen-bond donors (Lipinski definition) is 0. The van der Waals surface area contributed by atoms with Crippen molar-refractivity contribution in [2.75, 3.05) is 14.1 Å². The van der Waals surface area contributed by atoms with Crippen LogP contribution in [0.5, 0.6) is 0 Å². The van der Waals surface area contributed by atoms with Gasteiger partial charge in [-0.2, -0.15) is 13.2 Å². The molecule has 4 nitrogen and oxygen atoms in total. The van der Waals surface area contributed by atoms with Crippen LogP contribution in [0, 0.1) is 0 Å². The molecule has 0 bridgehead atoms. The van der Waals surface area contributed by atoms with Crippen LogP contribution in [-0.2, 0) is 11.9 Å². The second kappa shape index (κ2) is 8.10. The Hall–Kier alpha value is -2.74. The molecule has 0 saturated heterocycles. The lowest BCUT2D eigenvalue weighted by Crippen LogP contribution is -2.21. The van der Waals surface area contributed by atoms with E-state index in [2.05, 4.69) is 4.98 Å². The predicted molar refractivity (Wildman–Crippen MR) is 103 cm³/mol. The minimum Gasteiger partial charge on any atom is -0.345 e. The van der Waals surface area contributed by atoms with Crippen molar-refractivity contribution in [2.45, 2.75) is 17.1 Å². The first-order valence-corrected chi connectivity index (χ1v) is 9.38. The summed E-state index contributed by atoms with van der Waals surface area (Å²) < 4.78 is 39.9. The van der Waals surface area contributed by atoms with Gasteiger partial charge in [-0.3, -0.25) is 9.36 Å². The summed E-state index contributed by atoms with van der Waals surface area (Å²) in [4.78, 5) is 17.7. The second-order valence-corrected chi connectivity index (χ2v) is 7.25.